The molecule has 1 aliphatic carbocycles. The average Bonchev–Trinajstić information content (AvgIpc) is 2.38. The third-order valence-corrected chi connectivity index (χ3v) is 3.40. The molecule has 0 unspecified atom stereocenters. The molecule has 5 nitrogen and oxygen atoms in total. The van der Waals surface area contributed by atoms with Gasteiger partial charge in [0.15, 0.2) is 0 Å². The molecule has 0 atom stereocenters. The number of ether oxygens (including phenoxy) is 1. The molecule has 0 amide bonds. The Balaban J connectivity index is 1.97. The molecule has 0 spiro atoms. The van der Waals surface area contributed by atoms with E-state index in [1.807, 2.05) is 0 Å². The van der Waals surface area contributed by atoms with Crippen molar-refractivity contribution in [3.63, 3.8) is 0 Å². The third-order valence-electron chi connectivity index (χ3n) is 3.40. The lowest BCUT2D eigenvalue weighted by Gasteiger charge is -2.32. The second-order valence-electron chi connectivity index (χ2n) is 4.97. The van der Waals surface area contributed by atoms with Gasteiger partial charge in [-0.2, -0.15) is 0 Å². The summed E-state index contributed by atoms with van der Waals surface area (Å²) in [5, 5.41) is 10.6. The number of hydrogen-bond donors (Lipinski definition) is 1. The Morgan fingerprint density at radius 2 is 2.06 bits per heavy atom. The van der Waals surface area contributed by atoms with Crippen LogP contribution in [0.15, 0.2) is 24.3 Å². The lowest BCUT2D eigenvalue weighted by Crippen LogP contribution is -2.47. The van der Waals surface area contributed by atoms with Crippen molar-refractivity contribution < 1.29 is 9.66 Å². The van der Waals surface area contributed by atoms with Crippen molar-refractivity contribution in [3.8, 4) is 5.75 Å². The van der Waals surface area contributed by atoms with E-state index in [0.717, 1.165) is 25.7 Å². The molecule has 1 aromatic carbocycles. The van der Waals surface area contributed by atoms with Gasteiger partial charge in [0.05, 0.1) is 16.5 Å². The number of non-ortho nitro benzene ring substituents is 1. The van der Waals surface area contributed by atoms with Gasteiger partial charge in [-0.25, -0.2) is 0 Å². The van der Waals surface area contributed by atoms with Gasteiger partial charge in [-0.05, 0) is 18.9 Å². The number of nitro groups is 1. The van der Waals surface area contributed by atoms with Crippen LogP contribution in [0.1, 0.15) is 32.1 Å². The fourth-order valence-corrected chi connectivity index (χ4v) is 2.31. The number of nitro benzene ring substituents is 1. The van der Waals surface area contributed by atoms with Gasteiger partial charge >= 0.3 is 0 Å². The van der Waals surface area contributed by atoms with Crippen LogP contribution in [0.3, 0.4) is 0 Å². The molecule has 18 heavy (non-hydrogen) atoms. The predicted octanol–water partition coefficient (Wildman–Crippen LogP) is 2.64. The monoisotopic (exact) mass is 250 g/mol. The summed E-state index contributed by atoms with van der Waals surface area (Å²) in [7, 11) is 0. The second-order valence-corrected chi connectivity index (χ2v) is 4.97. The van der Waals surface area contributed by atoms with Crippen molar-refractivity contribution >= 4 is 5.69 Å². The summed E-state index contributed by atoms with van der Waals surface area (Å²) >= 11 is 0. The number of rotatable bonds is 4. The van der Waals surface area contributed by atoms with Crippen LogP contribution in [0.5, 0.6) is 5.75 Å². The molecule has 0 aromatic heterocycles. The highest BCUT2D eigenvalue weighted by Gasteiger charge is 2.28. The first-order valence-corrected chi connectivity index (χ1v) is 6.25. The zero-order valence-electron chi connectivity index (χ0n) is 10.3. The smallest absolute Gasteiger partial charge is 0.273 e. The summed E-state index contributed by atoms with van der Waals surface area (Å²) in [6.45, 7) is 0.425. The van der Waals surface area contributed by atoms with E-state index in [1.54, 1.807) is 12.1 Å². The van der Waals surface area contributed by atoms with Crippen molar-refractivity contribution in [1.82, 2.24) is 0 Å². The first-order chi connectivity index (χ1) is 8.59. The Labute approximate surface area is 106 Å². The fraction of sp³-hybridized carbons (Fsp3) is 0.538. The molecule has 1 saturated carbocycles. The molecule has 0 bridgehead atoms. The molecular weight excluding hydrogens is 232 g/mol. The van der Waals surface area contributed by atoms with E-state index >= 15 is 0 Å². The van der Waals surface area contributed by atoms with Gasteiger partial charge in [-0.3, -0.25) is 10.1 Å². The highest BCUT2D eigenvalue weighted by atomic mass is 16.6. The molecule has 0 aliphatic heterocycles. The van der Waals surface area contributed by atoms with E-state index in [1.165, 1.54) is 18.6 Å². The molecule has 1 aliphatic rings. The van der Waals surface area contributed by atoms with Crippen molar-refractivity contribution in [1.29, 1.82) is 0 Å². The summed E-state index contributed by atoms with van der Waals surface area (Å²) in [4.78, 5) is 10.2. The van der Waals surface area contributed by atoms with Gasteiger partial charge in [0.2, 0.25) is 0 Å². The van der Waals surface area contributed by atoms with Crippen molar-refractivity contribution in [2.75, 3.05) is 6.61 Å². The van der Waals surface area contributed by atoms with E-state index < -0.39 is 4.92 Å². The quantitative estimate of drug-likeness (QED) is 0.658. The van der Waals surface area contributed by atoms with Crippen LogP contribution >= 0.6 is 0 Å². The average molecular weight is 250 g/mol. The molecule has 0 radical (unpaired) electrons. The SMILES string of the molecule is NC1(COc2cccc([N+](=O)[O-])c2)CCCCC1. The Bertz CT molecular complexity index is 428. The minimum Gasteiger partial charge on any atom is -0.491 e. The predicted molar refractivity (Wildman–Crippen MR) is 68.6 cm³/mol. The van der Waals surface area contributed by atoms with Crippen molar-refractivity contribution in [2.45, 2.75) is 37.6 Å². The van der Waals surface area contributed by atoms with E-state index in [4.69, 9.17) is 10.5 Å². The Hall–Kier alpha value is -1.62. The summed E-state index contributed by atoms with van der Waals surface area (Å²) in [5.41, 5.74) is 6.01. The fourth-order valence-electron chi connectivity index (χ4n) is 2.31. The van der Waals surface area contributed by atoms with Gasteiger partial charge in [0.25, 0.3) is 5.69 Å². The van der Waals surface area contributed by atoms with Crippen LogP contribution in [0.25, 0.3) is 0 Å². The lowest BCUT2D eigenvalue weighted by atomic mass is 9.83. The summed E-state index contributed by atoms with van der Waals surface area (Å²) in [6, 6.07) is 6.23. The maximum Gasteiger partial charge on any atom is 0.273 e. The number of hydrogen-bond acceptors (Lipinski definition) is 4. The first kappa shape index (κ1) is 12.8. The topological polar surface area (TPSA) is 78.4 Å². The first-order valence-electron chi connectivity index (χ1n) is 6.25. The highest BCUT2D eigenvalue weighted by molar-refractivity contribution is 5.38. The summed E-state index contributed by atoms with van der Waals surface area (Å²) < 4.78 is 5.61. The van der Waals surface area contributed by atoms with Gasteiger partial charge in [0, 0.05) is 6.07 Å². The van der Waals surface area contributed by atoms with Gasteiger partial charge in [-0.15, -0.1) is 0 Å². The standard InChI is InChI=1S/C13H18N2O3/c14-13(7-2-1-3-8-13)10-18-12-6-4-5-11(9-12)15(16)17/h4-6,9H,1-3,7-8,10,14H2. The number of benzene rings is 1. The molecule has 1 aromatic rings. The Morgan fingerprint density at radius 3 is 2.72 bits per heavy atom. The van der Waals surface area contributed by atoms with Crippen LogP contribution in [0.4, 0.5) is 5.69 Å². The lowest BCUT2D eigenvalue weighted by molar-refractivity contribution is -0.384. The molecule has 5 heteroatoms. The molecule has 1 fully saturated rings. The molecular formula is C13H18N2O3. The van der Waals surface area contributed by atoms with Crippen molar-refractivity contribution in [2.24, 2.45) is 5.73 Å². The van der Waals surface area contributed by atoms with Crippen LogP contribution in [0, 0.1) is 10.1 Å². The van der Waals surface area contributed by atoms with Crippen LogP contribution in [-0.2, 0) is 0 Å². The summed E-state index contributed by atoms with van der Waals surface area (Å²) in [5.74, 6) is 0.514. The van der Waals surface area contributed by atoms with Crippen LogP contribution in [0.2, 0.25) is 0 Å². The van der Waals surface area contributed by atoms with Gasteiger partial charge in [-0.1, -0.05) is 25.3 Å². The minimum atomic E-state index is -0.425. The van der Waals surface area contributed by atoms with Crippen LogP contribution < -0.4 is 10.5 Å². The van der Waals surface area contributed by atoms with E-state index in [-0.39, 0.29) is 11.2 Å². The number of nitrogens with two attached hydrogens (primary N) is 1. The number of nitrogens with zero attached hydrogens (tertiary/aromatic N) is 1. The Morgan fingerprint density at radius 1 is 1.33 bits per heavy atom. The van der Waals surface area contributed by atoms with E-state index in [0.29, 0.717) is 12.4 Å². The molecule has 0 saturated heterocycles. The molecule has 98 valence electrons. The maximum atomic E-state index is 10.6. The normalized spacial score (nSPS) is 18.3. The Kier molecular flexibility index (Phi) is 3.81. The van der Waals surface area contributed by atoms with Gasteiger partial charge < -0.3 is 10.5 Å². The summed E-state index contributed by atoms with van der Waals surface area (Å²) in [6.07, 6.45) is 5.42. The zero-order valence-corrected chi connectivity index (χ0v) is 10.3. The third kappa shape index (κ3) is 3.20. The van der Waals surface area contributed by atoms with Crippen molar-refractivity contribution in [3.05, 3.63) is 34.4 Å². The zero-order chi connectivity index (χ0) is 13.0. The van der Waals surface area contributed by atoms with Gasteiger partial charge in [0.1, 0.15) is 12.4 Å². The van der Waals surface area contributed by atoms with E-state index in [9.17, 15) is 10.1 Å². The van der Waals surface area contributed by atoms with Crippen LogP contribution in [-0.4, -0.2) is 17.1 Å². The largest absolute Gasteiger partial charge is 0.491 e. The molecule has 0 heterocycles. The minimum absolute atomic E-state index is 0.0437. The highest BCUT2D eigenvalue weighted by Crippen LogP contribution is 2.27. The second kappa shape index (κ2) is 5.35. The maximum absolute atomic E-state index is 10.6. The molecule has 2 N–H and O–H groups in total. The van der Waals surface area contributed by atoms with E-state index in [2.05, 4.69) is 0 Å². The molecule has 2 rings (SSSR count).